The number of benzene rings is 2. The predicted molar refractivity (Wildman–Crippen MR) is 87.0 cm³/mol. The molecule has 0 bridgehead atoms. The quantitative estimate of drug-likeness (QED) is 0.418. The van der Waals surface area contributed by atoms with Gasteiger partial charge in [-0.2, -0.15) is 0 Å². The molecule has 0 N–H and O–H groups in total. The minimum Gasteiger partial charge on any atom is -0.296 e. The van der Waals surface area contributed by atoms with Crippen LogP contribution in [0.5, 0.6) is 0 Å². The van der Waals surface area contributed by atoms with Gasteiger partial charge in [0.15, 0.2) is 0 Å². The van der Waals surface area contributed by atoms with E-state index in [0.29, 0.717) is 11.8 Å². The zero-order valence-electron chi connectivity index (χ0n) is 12.2. The van der Waals surface area contributed by atoms with E-state index in [-0.39, 0.29) is 0 Å². The lowest BCUT2D eigenvalue weighted by molar-refractivity contribution is 0.593. The van der Waals surface area contributed by atoms with Gasteiger partial charge in [0.25, 0.3) is 0 Å². The Morgan fingerprint density at radius 2 is 1.62 bits per heavy atom. The summed E-state index contributed by atoms with van der Waals surface area (Å²) in [5.74, 6) is 1.03. The molecule has 2 unspecified atom stereocenters. The first-order chi connectivity index (χ1) is 10.3. The van der Waals surface area contributed by atoms with Crippen LogP contribution in [-0.4, -0.2) is 9.38 Å². The molecular weight excluding hydrogens is 256 g/mol. The molecule has 0 spiro atoms. The molecule has 0 aliphatic carbocycles. The molecule has 0 fully saturated rings. The second kappa shape index (κ2) is 3.64. The predicted octanol–water partition coefficient (Wildman–Crippen LogP) is 4.86. The topological polar surface area (TPSA) is 17.3 Å². The van der Waals surface area contributed by atoms with Crippen LogP contribution >= 0.6 is 0 Å². The molecule has 5 rings (SSSR count). The fourth-order valence-electron chi connectivity index (χ4n) is 3.95. The molecule has 0 radical (unpaired) electrons. The van der Waals surface area contributed by atoms with Gasteiger partial charge in [-0.15, -0.1) is 0 Å². The van der Waals surface area contributed by atoms with Gasteiger partial charge in [0.1, 0.15) is 5.65 Å². The number of nitrogens with zero attached hydrogens (tertiary/aromatic N) is 2. The van der Waals surface area contributed by atoms with Crippen molar-refractivity contribution in [2.45, 2.75) is 25.7 Å². The second-order valence-electron chi connectivity index (χ2n) is 6.21. The first-order valence-corrected chi connectivity index (χ1v) is 7.58. The van der Waals surface area contributed by atoms with Crippen LogP contribution in [0.3, 0.4) is 0 Å². The van der Waals surface area contributed by atoms with Crippen LogP contribution in [0.1, 0.15) is 36.9 Å². The molecule has 2 aromatic carbocycles. The Kier molecular flexibility index (Phi) is 1.96. The molecule has 2 heteroatoms. The van der Waals surface area contributed by atoms with Crippen molar-refractivity contribution in [3.63, 3.8) is 0 Å². The number of imidazole rings is 1. The Hall–Kier alpha value is -2.35. The third-order valence-corrected chi connectivity index (χ3v) is 5.25. The molecule has 2 aromatic heterocycles. The number of para-hydroxylation sites is 1. The van der Waals surface area contributed by atoms with Gasteiger partial charge in [0.2, 0.25) is 0 Å². The maximum absolute atomic E-state index is 4.75. The summed E-state index contributed by atoms with van der Waals surface area (Å²) in [5, 5.41) is 3.89. The summed E-state index contributed by atoms with van der Waals surface area (Å²) in [4.78, 5) is 4.75. The van der Waals surface area contributed by atoms with E-state index in [4.69, 9.17) is 4.98 Å². The lowest BCUT2D eigenvalue weighted by atomic mass is 9.83. The van der Waals surface area contributed by atoms with Gasteiger partial charge >= 0.3 is 0 Å². The summed E-state index contributed by atoms with van der Waals surface area (Å²) in [6.45, 7) is 4.64. The van der Waals surface area contributed by atoms with Gasteiger partial charge in [-0.1, -0.05) is 56.3 Å². The van der Waals surface area contributed by atoms with Gasteiger partial charge < -0.3 is 0 Å². The molecule has 2 atom stereocenters. The van der Waals surface area contributed by atoms with Crippen molar-refractivity contribution in [2.24, 2.45) is 0 Å². The Morgan fingerprint density at radius 1 is 0.857 bits per heavy atom. The molecule has 2 nitrogen and oxygen atoms in total. The first-order valence-electron chi connectivity index (χ1n) is 7.58. The maximum Gasteiger partial charge on any atom is 0.145 e. The van der Waals surface area contributed by atoms with Crippen molar-refractivity contribution in [2.75, 3.05) is 0 Å². The van der Waals surface area contributed by atoms with Crippen LogP contribution in [0.15, 0.2) is 48.7 Å². The van der Waals surface area contributed by atoms with E-state index in [0.717, 1.165) is 5.65 Å². The largest absolute Gasteiger partial charge is 0.296 e. The Labute approximate surface area is 123 Å². The highest BCUT2D eigenvalue weighted by molar-refractivity contribution is 6.12. The minimum atomic E-state index is 0.499. The maximum atomic E-state index is 4.75. The second-order valence-corrected chi connectivity index (χ2v) is 6.21. The van der Waals surface area contributed by atoms with Crippen LogP contribution in [0.25, 0.3) is 27.3 Å². The van der Waals surface area contributed by atoms with Crippen molar-refractivity contribution >= 4 is 27.3 Å². The SMILES string of the molecule is CC1c2cccc3c4ccccc4c4ncc(n4c23)C1C. The summed E-state index contributed by atoms with van der Waals surface area (Å²) in [6.07, 6.45) is 2.07. The average Bonchev–Trinajstić information content (AvgIpc) is 2.98. The summed E-state index contributed by atoms with van der Waals surface area (Å²) in [6, 6.07) is 15.3. The number of hydrogen-bond acceptors (Lipinski definition) is 1. The molecular formula is C19H16N2. The lowest BCUT2D eigenvalue weighted by Crippen LogP contribution is -2.15. The van der Waals surface area contributed by atoms with Gasteiger partial charge in [-0.05, 0) is 16.9 Å². The van der Waals surface area contributed by atoms with Gasteiger partial charge in [-0.3, -0.25) is 4.40 Å². The summed E-state index contributed by atoms with van der Waals surface area (Å²) >= 11 is 0. The van der Waals surface area contributed by atoms with Gasteiger partial charge in [-0.25, -0.2) is 4.98 Å². The number of rotatable bonds is 0. The van der Waals surface area contributed by atoms with E-state index < -0.39 is 0 Å². The van der Waals surface area contributed by atoms with Crippen LogP contribution < -0.4 is 0 Å². The van der Waals surface area contributed by atoms with E-state index in [1.54, 1.807) is 0 Å². The molecule has 1 aliphatic heterocycles. The zero-order chi connectivity index (χ0) is 14.1. The van der Waals surface area contributed by atoms with Gasteiger partial charge in [0, 0.05) is 28.6 Å². The third-order valence-electron chi connectivity index (χ3n) is 5.25. The number of fused-ring (bicyclic) bond motifs is 3. The Morgan fingerprint density at radius 3 is 2.48 bits per heavy atom. The zero-order valence-corrected chi connectivity index (χ0v) is 12.2. The normalized spacial score (nSPS) is 20.9. The van der Waals surface area contributed by atoms with Crippen molar-refractivity contribution in [3.05, 3.63) is 59.9 Å². The standard InChI is InChI=1S/C19H16N2/c1-11-12(2)17-10-20-19-16-7-4-3-6-14(16)15-9-5-8-13(11)18(15)21(17)19/h3-12H,1-2H3. The van der Waals surface area contributed by atoms with E-state index >= 15 is 0 Å². The third kappa shape index (κ3) is 1.21. The van der Waals surface area contributed by atoms with Crippen molar-refractivity contribution in [1.29, 1.82) is 0 Å². The molecule has 21 heavy (non-hydrogen) atoms. The smallest absolute Gasteiger partial charge is 0.145 e. The fraction of sp³-hybridized carbons (Fsp3) is 0.211. The highest BCUT2D eigenvalue weighted by Gasteiger charge is 2.28. The molecule has 0 saturated heterocycles. The number of hydrogen-bond donors (Lipinski definition) is 0. The first kappa shape index (κ1) is 11.3. The molecule has 0 saturated carbocycles. The van der Waals surface area contributed by atoms with Crippen molar-refractivity contribution < 1.29 is 0 Å². The Balaban J connectivity index is 2.21. The monoisotopic (exact) mass is 272 g/mol. The molecule has 4 aromatic rings. The molecule has 102 valence electrons. The van der Waals surface area contributed by atoms with Crippen LogP contribution in [-0.2, 0) is 0 Å². The summed E-state index contributed by atoms with van der Waals surface area (Å²) < 4.78 is 2.39. The molecule has 0 amide bonds. The van der Waals surface area contributed by atoms with Gasteiger partial charge in [0.05, 0.1) is 5.52 Å². The molecule has 3 heterocycles. The van der Waals surface area contributed by atoms with E-state index in [1.165, 1.54) is 32.9 Å². The van der Waals surface area contributed by atoms with Crippen molar-refractivity contribution in [3.8, 4) is 0 Å². The van der Waals surface area contributed by atoms with Crippen LogP contribution in [0.4, 0.5) is 0 Å². The Bertz CT molecular complexity index is 1030. The van der Waals surface area contributed by atoms with E-state index in [1.807, 2.05) is 0 Å². The highest BCUT2D eigenvalue weighted by atomic mass is 15.0. The average molecular weight is 272 g/mol. The summed E-state index contributed by atoms with van der Waals surface area (Å²) in [7, 11) is 0. The lowest BCUT2D eigenvalue weighted by Gasteiger charge is -2.28. The fourth-order valence-corrected chi connectivity index (χ4v) is 3.95. The number of pyridine rings is 1. The van der Waals surface area contributed by atoms with Crippen LogP contribution in [0.2, 0.25) is 0 Å². The molecule has 1 aliphatic rings. The van der Waals surface area contributed by atoms with E-state index in [2.05, 4.69) is 66.9 Å². The van der Waals surface area contributed by atoms with Crippen LogP contribution in [0, 0.1) is 0 Å². The van der Waals surface area contributed by atoms with Crippen molar-refractivity contribution in [1.82, 2.24) is 9.38 Å². The number of aromatic nitrogens is 2. The minimum absolute atomic E-state index is 0.499. The highest BCUT2D eigenvalue weighted by Crippen LogP contribution is 2.43. The summed E-state index contributed by atoms with van der Waals surface area (Å²) in [5.41, 5.74) is 5.23. The van der Waals surface area contributed by atoms with E-state index in [9.17, 15) is 0 Å².